The number of ether oxygens (including phenoxy) is 5. The lowest BCUT2D eigenvalue weighted by Gasteiger charge is -2.28. The molecule has 4 N–H and O–H groups in total. The zero-order chi connectivity index (χ0) is 31.5. The highest BCUT2D eigenvalue weighted by Gasteiger charge is 2.32. The van der Waals surface area contributed by atoms with Crippen molar-refractivity contribution in [1.82, 2.24) is 16.1 Å². The van der Waals surface area contributed by atoms with E-state index < -0.39 is 30.2 Å². The number of methoxy groups -OCH3 is 1. The number of esters is 2. The minimum absolute atomic E-state index is 0.171. The number of carbonyl (C=O) groups is 3. The Balaban J connectivity index is 1.64. The van der Waals surface area contributed by atoms with E-state index in [2.05, 4.69) is 59.7 Å². The maximum atomic E-state index is 12.4. The molecule has 0 aromatic heterocycles. The lowest BCUT2D eigenvalue weighted by molar-refractivity contribution is -0.145. The average molecular weight is 775 g/mol. The fraction of sp³-hybridized carbons (Fsp3) is 0.357. The Morgan fingerprint density at radius 1 is 1.16 bits per heavy atom. The van der Waals surface area contributed by atoms with Crippen LogP contribution < -0.4 is 30.3 Å². The van der Waals surface area contributed by atoms with Crippen molar-refractivity contribution in [2.24, 2.45) is 5.10 Å². The van der Waals surface area contributed by atoms with Crippen molar-refractivity contribution in [3.8, 4) is 17.2 Å². The van der Waals surface area contributed by atoms with E-state index in [1.807, 2.05) is 0 Å². The highest BCUT2D eigenvalue weighted by molar-refractivity contribution is 14.1. The van der Waals surface area contributed by atoms with E-state index in [0.717, 1.165) is 3.57 Å². The Bertz CT molecular complexity index is 1380. The third kappa shape index (κ3) is 9.46. The molecule has 1 aliphatic rings. The molecule has 0 bridgehead atoms. The number of nitrogens with zero attached hydrogens (tertiary/aromatic N) is 1. The maximum absolute atomic E-state index is 12.4. The van der Waals surface area contributed by atoms with Gasteiger partial charge in [-0.2, -0.15) is 5.10 Å². The number of halogens is 2. The third-order valence-electron chi connectivity index (χ3n) is 5.77. The Hall–Kier alpha value is -3.57. The fourth-order valence-corrected chi connectivity index (χ4v) is 5.71. The molecule has 3 rings (SSSR count). The van der Waals surface area contributed by atoms with Crippen LogP contribution in [-0.4, -0.2) is 69.1 Å². The summed E-state index contributed by atoms with van der Waals surface area (Å²) in [7, 11) is 1.27. The lowest BCUT2D eigenvalue weighted by Crippen LogP contribution is -2.45. The molecule has 0 saturated carbocycles. The lowest BCUT2D eigenvalue weighted by atomic mass is 9.95. The number of hydrogen-bond acceptors (Lipinski definition) is 11. The van der Waals surface area contributed by atoms with Crippen LogP contribution in [0.2, 0.25) is 0 Å². The largest absolute Gasteiger partial charge is 0.490 e. The summed E-state index contributed by atoms with van der Waals surface area (Å²) in [5.74, 6) is 0.153. The molecule has 0 radical (unpaired) electrons. The third-order valence-corrected chi connectivity index (χ3v) is 7.16. The number of hydrazone groups is 1. The molecule has 0 spiro atoms. The van der Waals surface area contributed by atoms with Gasteiger partial charge in [-0.15, -0.1) is 0 Å². The number of urea groups is 1. The second-order valence-corrected chi connectivity index (χ2v) is 10.8. The minimum Gasteiger partial charge on any atom is -0.490 e. The molecule has 0 saturated heterocycles. The fourth-order valence-electron chi connectivity index (χ4n) is 3.95. The van der Waals surface area contributed by atoms with Crippen LogP contribution in [0.5, 0.6) is 17.2 Å². The highest BCUT2D eigenvalue weighted by atomic mass is 127. The first-order chi connectivity index (χ1) is 20.6. The molecule has 2 aromatic rings. The minimum atomic E-state index is -1.17. The SMILES string of the molecule is CCOC(=O)COc1c(Br)cc(/C=N\N[C@H](O)COc2ccc([C@@H]3NC(=O)NC(C)=C3C(=O)OC)cc2OCC)cc1I. The van der Waals surface area contributed by atoms with Crippen molar-refractivity contribution in [2.75, 3.05) is 33.5 Å². The van der Waals surface area contributed by atoms with Gasteiger partial charge in [-0.3, -0.25) is 5.43 Å². The van der Waals surface area contributed by atoms with E-state index in [1.165, 1.54) is 13.3 Å². The van der Waals surface area contributed by atoms with Crippen molar-refractivity contribution in [3.63, 3.8) is 0 Å². The summed E-state index contributed by atoms with van der Waals surface area (Å²) in [6.07, 6.45) is 0.341. The van der Waals surface area contributed by atoms with Gasteiger partial charge in [0.15, 0.2) is 24.3 Å². The summed E-state index contributed by atoms with van der Waals surface area (Å²) in [6, 6.07) is 7.29. The van der Waals surface area contributed by atoms with Crippen LogP contribution in [0.3, 0.4) is 0 Å². The number of nitrogens with one attached hydrogen (secondary N) is 3. The quantitative estimate of drug-likeness (QED) is 0.0734. The van der Waals surface area contributed by atoms with Crippen LogP contribution in [0, 0.1) is 3.57 Å². The van der Waals surface area contributed by atoms with Gasteiger partial charge >= 0.3 is 18.0 Å². The Labute approximate surface area is 270 Å². The number of benzene rings is 2. The molecule has 0 fully saturated rings. The van der Waals surface area contributed by atoms with Crippen molar-refractivity contribution >= 4 is 62.7 Å². The van der Waals surface area contributed by atoms with E-state index in [-0.39, 0.29) is 25.4 Å². The predicted octanol–water partition coefficient (Wildman–Crippen LogP) is 3.52. The molecule has 2 atom stereocenters. The summed E-state index contributed by atoms with van der Waals surface area (Å²) >= 11 is 5.51. The monoisotopic (exact) mass is 774 g/mol. The summed E-state index contributed by atoms with van der Waals surface area (Å²) in [6.45, 7) is 5.36. The van der Waals surface area contributed by atoms with Gasteiger partial charge in [0.1, 0.15) is 12.4 Å². The molecule has 2 amide bonds. The van der Waals surface area contributed by atoms with Crippen LogP contribution in [0.25, 0.3) is 0 Å². The number of hydrogen-bond donors (Lipinski definition) is 4. The Morgan fingerprint density at radius 2 is 1.93 bits per heavy atom. The second kappa shape index (κ2) is 16.3. The van der Waals surface area contributed by atoms with E-state index in [4.69, 9.17) is 23.7 Å². The molecular formula is C28H32BrIN4O9. The molecule has 232 valence electrons. The summed E-state index contributed by atoms with van der Waals surface area (Å²) < 4.78 is 28.2. The molecule has 0 unspecified atom stereocenters. The first-order valence-electron chi connectivity index (χ1n) is 13.1. The number of amides is 2. The summed E-state index contributed by atoms with van der Waals surface area (Å²) in [4.78, 5) is 36.1. The van der Waals surface area contributed by atoms with Gasteiger partial charge < -0.3 is 39.4 Å². The number of allylic oxidation sites excluding steroid dienone is 1. The second-order valence-electron chi connectivity index (χ2n) is 8.82. The molecule has 43 heavy (non-hydrogen) atoms. The molecule has 1 heterocycles. The number of aliphatic hydroxyl groups excluding tert-OH is 1. The topological polar surface area (TPSA) is 166 Å². The van der Waals surface area contributed by atoms with E-state index in [1.54, 1.807) is 51.1 Å². The van der Waals surface area contributed by atoms with Crippen molar-refractivity contribution < 1.29 is 43.2 Å². The summed E-state index contributed by atoms with van der Waals surface area (Å²) in [5.41, 5.74) is 4.52. The zero-order valence-electron chi connectivity index (χ0n) is 23.9. The van der Waals surface area contributed by atoms with Crippen molar-refractivity contribution in [1.29, 1.82) is 0 Å². The normalized spacial score (nSPS) is 15.3. The van der Waals surface area contributed by atoms with Gasteiger partial charge in [0, 0.05) is 5.70 Å². The van der Waals surface area contributed by atoms with Crippen LogP contribution in [0.4, 0.5) is 4.79 Å². The molecule has 2 aromatic carbocycles. The predicted molar refractivity (Wildman–Crippen MR) is 168 cm³/mol. The van der Waals surface area contributed by atoms with Crippen LogP contribution in [-0.2, 0) is 19.1 Å². The Kier molecular flexibility index (Phi) is 12.9. The highest BCUT2D eigenvalue weighted by Crippen LogP contribution is 2.35. The number of carbonyl (C=O) groups excluding carboxylic acids is 3. The zero-order valence-corrected chi connectivity index (χ0v) is 27.6. The molecular weight excluding hydrogens is 743 g/mol. The number of rotatable bonds is 14. The molecule has 0 aliphatic carbocycles. The van der Waals surface area contributed by atoms with Gasteiger partial charge in [-0.05, 0) is 94.7 Å². The van der Waals surface area contributed by atoms with Gasteiger partial charge in [0.25, 0.3) is 0 Å². The molecule has 15 heteroatoms. The maximum Gasteiger partial charge on any atom is 0.344 e. The Morgan fingerprint density at radius 3 is 2.60 bits per heavy atom. The average Bonchev–Trinajstić information content (AvgIpc) is 2.95. The smallest absolute Gasteiger partial charge is 0.344 e. The van der Waals surface area contributed by atoms with Crippen molar-refractivity contribution in [3.05, 3.63) is 60.8 Å². The van der Waals surface area contributed by atoms with E-state index in [9.17, 15) is 19.5 Å². The van der Waals surface area contributed by atoms with Gasteiger partial charge in [0.05, 0.1) is 46.2 Å². The molecule has 13 nitrogen and oxygen atoms in total. The number of aliphatic hydroxyl groups is 1. The van der Waals surface area contributed by atoms with Gasteiger partial charge in [0.2, 0.25) is 0 Å². The van der Waals surface area contributed by atoms with Gasteiger partial charge in [-0.25, -0.2) is 14.4 Å². The van der Waals surface area contributed by atoms with Crippen molar-refractivity contribution in [2.45, 2.75) is 33.0 Å². The first kappa shape index (κ1) is 33.9. The van der Waals surface area contributed by atoms with Crippen LogP contribution in [0.15, 0.2) is 51.2 Å². The van der Waals surface area contributed by atoms with Crippen LogP contribution in [0.1, 0.15) is 37.9 Å². The van der Waals surface area contributed by atoms with E-state index >= 15 is 0 Å². The summed E-state index contributed by atoms with van der Waals surface area (Å²) in [5, 5.41) is 19.8. The van der Waals surface area contributed by atoms with Gasteiger partial charge in [-0.1, -0.05) is 6.07 Å². The van der Waals surface area contributed by atoms with E-state index in [0.29, 0.717) is 45.2 Å². The first-order valence-corrected chi connectivity index (χ1v) is 14.9. The van der Waals surface area contributed by atoms with Crippen LogP contribution >= 0.6 is 38.5 Å². The standard InChI is InChI=1S/C28H32BrIN4O9/c1-5-40-21-11-17(25-24(27(37)39-4)15(3)32-28(38)33-25)7-8-20(21)42-13-22(35)34-31-12-16-9-18(29)26(19(30)10-16)43-14-23(36)41-6-2/h7-12,22,25,34-35H,5-6,13-14H2,1-4H3,(H2,32,33,38)/b31-12-/t22-,25+/m1/s1. The molecule has 1 aliphatic heterocycles.